The molecule has 2 aromatic rings. The van der Waals surface area contributed by atoms with Gasteiger partial charge in [-0.2, -0.15) is 0 Å². The second-order valence-electron chi connectivity index (χ2n) is 5.69. The topological polar surface area (TPSA) is 83.5 Å². The Hall–Kier alpha value is -2.93. The molecule has 0 fully saturated rings. The predicted octanol–water partition coefficient (Wildman–Crippen LogP) is 2.90. The first-order valence-corrected chi connectivity index (χ1v) is 8.17. The maximum atomic E-state index is 11.8. The van der Waals surface area contributed by atoms with Gasteiger partial charge < -0.3 is 28.8 Å². The highest BCUT2D eigenvalue weighted by molar-refractivity contribution is 5.89. The van der Waals surface area contributed by atoms with Crippen molar-refractivity contribution >= 4 is 5.97 Å². The van der Waals surface area contributed by atoms with E-state index in [4.69, 9.17) is 23.7 Å². The molecule has 0 saturated heterocycles. The molecule has 0 saturated carbocycles. The number of aliphatic hydroxyl groups excluding tert-OH is 1. The lowest BCUT2D eigenvalue weighted by Crippen LogP contribution is -2.10. The smallest absolute Gasteiger partial charge is 0.337 e. The highest BCUT2D eigenvalue weighted by atomic mass is 16.5. The van der Waals surface area contributed by atoms with Crippen LogP contribution in [0.5, 0.6) is 23.0 Å². The van der Waals surface area contributed by atoms with Gasteiger partial charge in [-0.15, -0.1) is 0 Å². The third-order valence-corrected chi connectivity index (χ3v) is 4.32. The van der Waals surface area contributed by atoms with E-state index in [1.54, 1.807) is 31.2 Å². The molecule has 2 rings (SSSR count). The fourth-order valence-electron chi connectivity index (χ4n) is 3.06. The Morgan fingerprint density at radius 2 is 1.44 bits per heavy atom. The molecule has 0 aliphatic heterocycles. The van der Waals surface area contributed by atoms with E-state index in [-0.39, 0.29) is 0 Å². The lowest BCUT2D eigenvalue weighted by molar-refractivity contribution is 0.0600. The summed E-state index contributed by atoms with van der Waals surface area (Å²) >= 11 is 0. The van der Waals surface area contributed by atoms with Gasteiger partial charge in [0.15, 0.2) is 11.5 Å². The van der Waals surface area contributed by atoms with Crippen molar-refractivity contribution in [3.8, 4) is 23.0 Å². The molecule has 0 spiro atoms. The summed E-state index contributed by atoms with van der Waals surface area (Å²) in [5.74, 6) is 0.934. The van der Waals surface area contributed by atoms with Gasteiger partial charge in [-0.05, 0) is 24.6 Å². The number of carbonyl (C=O) groups is 1. The highest BCUT2D eigenvalue weighted by Gasteiger charge is 2.29. The van der Waals surface area contributed by atoms with Crippen molar-refractivity contribution in [2.24, 2.45) is 0 Å². The van der Waals surface area contributed by atoms with E-state index >= 15 is 0 Å². The number of ether oxygens (including phenoxy) is 5. The first kappa shape index (κ1) is 20.4. The van der Waals surface area contributed by atoms with Crippen LogP contribution in [0.4, 0.5) is 0 Å². The van der Waals surface area contributed by atoms with Gasteiger partial charge in [0.25, 0.3) is 0 Å². The average molecular weight is 376 g/mol. The van der Waals surface area contributed by atoms with E-state index in [0.29, 0.717) is 45.3 Å². The zero-order chi connectivity index (χ0) is 20.1. The number of rotatable bonds is 7. The van der Waals surface area contributed by atoms with E-state index in [1.807, 2.05) is 0 Å². The highest BCUT2D eigenvalue weighted by Crippen LogP contribution is 2.51. The van der Waals surface area contributed by atoms with Crippen LogP contribution in [0.2, 0.25) is 0 Å². The molecule has 0 amide bonds. The third kappa shape index (κ3) is 3.64. The Kier molecular flexibility index (Phi) is 6.52. The van der Waals surface area contributed by atoms with Crippen molar-refractivity contribution in [1.29, 1.82) is 0 Å². The van der Waals surface area contributed by atoms with E-state index < -0.39 is 12.1 Å². The number of esters is 1. The lowest BCUT2D eigenvalue weighted by Gasteiger charge is -2.24. The number of aliphatic hydroxyl groups is 1. The van der Waals surface area contributed by atoms with Crippen LogP contribution in [-0.2, 0) is 4.74 Å². The summed E-state index contributed by atoms with van der Waals surface area (Å²) in [4.78, 5) is 11.8. The van der Waals surface area contributed by atoms with Crippen LogP contribution >= 0.6 is 0 Å². The van der Waals surface area contributed by atoms with E-state index in [9.17, 15) is 9.90 Å². The summed E-state index contributed by atoms with van der Waals surface area (Å²) in [5, 5.41) is 11.1. The molecule has 0 bridgehead atoms. The summed E-state index contributed by atoms with van der Waals surface area (Å²) in [6, 6.07) is 6.56. The van der Waals surface area contributed by atoms with Gasteiger partial charge in [-0.3, -0.25) is 0 Å². The van der Waals surface area contributed by atoms with Gasteiger partial charge in [0, 0.05) is 11.1 Å². The Morgan fingerprint density at radius 3 is 1.96 bits per heavy atom. The molecule has 1 atom stereocenters. The Morgan fingerprint density at radius 1 is 0.889 bits per heavy atom. The van der Waals surface area contributed by atoms with E-state index in [0.717, 1.165) is 0 Å². The zero-order valence-electron chi connectivity index (χ0n) is 16.3. The maximum absolute atomic E-state index is 11.8. The summed E-state index contributed by atoms with van der Waals surface area (Å²) in [6.45, 7) is 1.78. The molecule has 0 aliphatic carbocycles. The molecule has 0 heterocycles. The van der Waals surface area contributed by atoms with Crippen molar-refractivity contribution in [3.05, 3.63) is 46.5 Å². The van der Waals surface area contributed by atoms with Crippen LogP contribution in [0.25, 0.3) is 0 Å². The quantitative estimate of drug-likeness (QED) is 0.744. The lowest BCUT2D eigenvalue weighted by atomic mass is 9.93. The minimum absolute atomic E-state index is 0.306. The molecule has 7 heteroatoms. The monoisotopic (exact) mass is 376 g/mol. The number of benzene rings is 2. The molecule has 1 N–H and O–H groups in total. The van der Waals surface area contributed by atoms with Crippen molar-refractivity contribution in [3.63, 3.8) is 0 Å². The van der Waals surface area contributed by atoms with E-state index in [1.165, 1.54) is 35.5 Å². The van der Waals surface area contributed by atoms with Crippen molar-refractivity contribution < 1.29 is 33.6 Å². The number of methoxy groups -OCH3 is 5. The minimum atomic E-state index is -1.10. The number of carbonyl (C=O) groups excluding carboxylic acids is 1. The second kappa shape index (κ2) is 8.64. The third-order valence-electron chi connectivity index (χ3n) is 4.32. The molecule has 7 nitrogen and oxygen atoms in total. The first-order valence-electron chi connectivity index (χ1n) is 8.17. The summed E-state index contributed by atoms with van der Waals surface area (Å²) in [6.07, 6.45) is -1.10. The van der Waals surface area contributed by atoms with Crippen LogP contribution in [0, 0.1) is 6.92 Å². The molecular weight excluding hydrogens is 352 g/mol. The number of hydrogen-bond donors (Lipinski definition) is 1. The molecule has 0 aromatic heterocycles. The van der Waals surface area contributed by atoms with Crippen LogP contribution in [0.3, 0.4) is 0 Å². The Bertz CT molecular complexity index is 830. The van der Waals surface area contributed by atoms with Crippen LogP contribution in [0.1, 0.15) is 33.2 Å². The Labute approximate surface area is 158 Å². The van der Waals surface area contributed by atoms with Gasteiger partial charge >= 0.3 is 5.97 Å². The van der Waals surface area contributed by atoms with Crippen molar-refractivity contribution in [2.75, 3.05) is 35.5 Å². The van der Waals surface area contributed by atoms with Gasteiger partial charge in [0.05, 0.1) is 41.1 Å². The van der Waals surface area contributed by atoms with Gasteiger partial charge in [-0.25, -0.2) is 4.79 Å². The fraction of sp³-hybridized carbons (Fsp3) is 0.350. The van der Waals surface area contributed by atoms with Crippen molar-refractivity contribution in [1.82, 2.24) is 0 Å². The molecule has 27 heavy (non-hydrogen) atoms. The minimum Gasteiger partial charge on any atom is -0.492 e. The number of hydrogen-bond acceptors (Lipinski definition) is 7. The summed E-state index contributed by atoms with van der Waals surface area (Å²) in [7, 11) is 7.26. The van der Waals surface area contributed by atoms with Crippen LogP contribution in [0.15, 0.2) is 24.3 Å². The van der Waals surface area contributed by atoms with Gasteiger partial charge in [0.2, 0.25) is 11.5 Å². The Balaban J connectivity index is 2.72. The van der Waals surface area contributed by atoms with Crippen molar-refractivity contribution in [2.45, 2.75) is 13.0 Å². The predicted molar refractivity (Wildman–Crippen MR) is 99.2 cm³/mol. The summed E-state index contributed by atoms with van der Waals surface area (Å²) in [5.41, 5.74) is 1.91. The fourth-order valence-corrected chi connectivity index (χ4v) is 3.06. The van der Waals surface area contributed by atoms with Gasteiger partial charge in [-0.1, -0.05) is 12.1 Å². The van der Waals surface area contributed by atoms with Crippen LogP contribution in [-0.4, -0.2) is 46.6 Å². The molecule has 146 valence electrons. The zero-order valence-corrected chi connectivity index (χ0v) is 16.3. The summed E-state index contributed by atoms with van der Waals surface area (Å²) < 4.78 is 26.6. The molecular formula is C20H24O7. The molecule has 0 aliphatic rings. The first-order chi connectivity index (χ1) is 12.9. The van der Waals surface area contributed by atoms with Gasteiger partial charge in [0.1, 0.15) is 6.10 Å². The SMILES string of the molecule is COC(=O)c1cccc(C(O)c2c(C)c(OC)c(OC)c(OC)c2OC)c1. The standard InChI is InChI=1S/C20H24O7/c1-11-14(15(21)12-8-7-9-13(10-12)20(22)27-6)17(24-3)19(26-5)18(25-4)16(11)23-2/h7-10,15,21H,1-6H3. The molecule has 1 unspecified atom stereocenters. The van der Waals surface area contributed by atoms with Crippen LogP contribution < -0.4 is 18.9 Å². The molecule has 0 radical (unpaired) electrons. The van der Waals surface area contributed by atoms with E-state index in [2.05, 4.69) is 0 Å². The maximum Gasteiger partial charge on any atom is 0.337 e. The molecule has 2 aromatic carbocycles. The normalized spacial score (nSPS) is 11.5. The average Bonchev–Trinajstić information content (AvgIpc) is 2.71. The largest absolute Gasteiger partial charge is 0.492 e. The second-order valence-corrected chi connectivity index (χ2v) is 5.69.